The summed E-state index contributed by atoms with van der Waals surface area (Å²) in [5.41, 5.74) is 0. The number of urea groups is 1. The zero-order valence-corrected chi connectivity index (χ0v) is 9.22. The van der Waals surface area contributed by atoms with Crippen LogP contribution in [-0.4, -0.2) is 52.0 Å². The van der Waals surface area contributed by atoms with Crippen LogP contribution < -0.4 is 0 Å². The number of hydrogen-bond donors (Lipinski definition) is 1. The number of aliphatic hydroxyl groups excluding tert-OH is 1. The van der Waals surface area contributed by atoms with Crippen LogP contribution in [0.25, 0.3) is 0 Å². The molecule has 0 atom stereocenters. The maximum atomic E-state index is 11.5. The Balaban J connectivity index is 2.02. The minimum absolute atomic E-state index is 0.178. The molecule has 1 aliphatic heterocycles. The van der Waals surface area contributed by atoms with Gasteiger partial charge in [0.2, 0.25) is 0 Å². The van der Waals surface area contributed by atoms with Crippen molar-refractivity contribution in [3.63, 3.8) is 0 Å². The first-order valence-corrected chi connectivity index (χ1v) is 5.07. The van der Waals surface area contributed by atoms with Crippen LogP contribution in [0.5, 0.6) is 0 Å². The van der Waals surface area contributed by atoms with Crippen molar-refractivity contribution in [1.82, 2.24) is 9.91 Å². The van der Waals surface area contributed by atoms with Crippen molar-refractivity contribution in [3.05, 3.63) is 28.0 Å². The normalized spacial score (nSPS) is 15.9. The second kappa shape index (κ2) is 4.84. The monoisotopic (exact) mass is 254 g/mol. The van der Waals surface area contributed by atoms with Gasteiger partial charge in [0.25, 0.3) is 0 Å². The van der Waals surface area contributed by atoms with E-state index in [2.05, 4.69) is 5.10 Å². The van der Waals surface area contributed by atoms with Crippen molar-refractivity contribution in [1.29, 1.82) is 0 Å². The van der Waals surface area contributed by atoms with Crippen molar-refractivity contribution < 1.29 is 19.2 Å². The fraction of sp³-hybridized carbons (Fsp3) is 0.333. The van der Waals surface area contributed by atoms with Crippen molar-refractivity contribution in [2.45, 2.75) is 0 Å². The van der Waals surface area contributed by atoms with E-state index in [1.165, 1.54) is 23.2 Å². The van der Waals surface area contributed by atoms with Crippen LogP contribution in [0.2, 0.25) is 0 Å². The standard InChI is InChI=1S/C9H10N4O5/c14-6-11-3-4-12(9(11)15)10-5-7-1-2-8(18-7)13(16)17/h1-2,5,14H,3-4,6H2. The Morgan fingerprint density at radius 3 is 2.89 bits per heavy atom. The molecule has 1 N–H and O–H groups in total. The molecule has 0 aliphatic carbocycles. The molecule has 18 heavy (non-hydrogen) atoms. The molecular weight excluding hydrogens is 244 g/mol. The van der Waals surface area contributed by atoms with Gasteiger partial charge in [0.15, 0.2) is 5.76 Å². The van der Waals surface area contributed by atoms with Gasteiger partial charge in [0.05, 0.1) is 18.8 Å². The molecule has 96 valence electrons. The van der Waals surface area contributed by atoms with Crippen molar-refractivity contribution in [3.8, 4) is 0 Å². The van der Waals surface area contributed by atoms with Gasteiger partial charge in [-0.2, -0.15) is 5.10 Å². The quantitative estimate of drug-likeness (QED) is 0.468. The number of carbonyl (C=O) groups excluding carboxylic acids is 1. The van der Waals surface area contributed by atoms with Crippen LogP contribution in [0.1, 0.15) is 5.76 Å². The number of furan rings is 1. The molecule has 1 saturated heterocycles. The summed E-state index contributed by atoms with van der Waals surface area (Å²) in [7, 11) is 0. The van der Waals surface area contributed by atoms with Crippen LogP contribution in [0.15, 0.2) is 21.7 Å². The maximum Gasteiger partial charge on any atom is 0.433 e. The molecule has 9 nitrogen and oxygen atoms in total. The Bertz CT molecular complexity index is 497. The molecule has 0 aromatic carbocycles. The lowest BCUT2D eigenvalue weighted by Gasteiger charge is -2.11. The first-order chi connectivity index (χ1) is 8.61. The fourth-order valence-electron chi connectivity index (χ4n) is 1.44. The summed E-state index contributed by atoms with van der Waals surface area (Å²) in [5.74, 6) is -0.210. The third-order valence-electron chi connectivity index (χ3n) is 2.36. The third-order valence-corrected chi connectivity index (χ3v) is 2.36. The van der Waals surface area contributed by atoms with E-state index in [1.54, 1.807) is 0 Å². The molecule has 9 heteroatoms. The van der Waals surface area contributed by atoms with Gasteiger partial charge in [-0.25, -0.2) is 9.80 Å². The lowest BCUT2D eigenvalue weighted by Crippen LogP contribution is -2.29. The van der Waals surface area contributed by atoms with Crippen LogP contribution in [0.4, 0.5) is 10.7 Å². The SMILES string of the molecule is O=C1N(CO)CCN1N=Cc1ccc([N+](=O)[O-])o1. The summed E-state index contributed by atoms with van der Waals surface area (Å²) in [5, 5.41) is 24.2. The summed E-state index contributed by atoms with van der Waals surface area (Å²) < 4.78 is 4.84. The predicted octanol–water partition coefficient (Wildman–Crippen LogP) is 0.209. The van der Waals surface area contributed by atoms with E-state index in [-0.39, 0.29) is 18.4 Å². The average molecular weight is 254 g/mol. The molecule has 0 saturated carbocycles. The molecule has 2 rings (SSSR count). The highest BCUT2D eigenvalue weighted by molar-refractivity contribution is 5.80. The summed E-state index contributed by atoms with van der Waals surface area (Å²) in [4.78, 5) is 22.4. The smallest absolute Gasteiger partial charge is 0.400 e. The largest absolute Gasteiger partial charge is 0.433 e. The molecule has 0 bridgehead atoms. The van der Waals surface area contributed by atoms with E-state index in [0.717, 1.165) is 5.01 Å². The van der Waals surface area contributed by atoms with Gasteiger partial charge in [-0.15, -0.1) is 0 Å². The number of aliphatic hydroxyl groups is 1. The third kappa shape index (κ3) is 2.30. The van der Waals surface area contributed by atoms with Gasteiger partial charge in [0, 0.05) is 6.54 Å². The van der Waals surface area contributed by atoms with Gasteiger partial charge in [-0.1, -0.05) is 0 Å². The average Bonchev–Trinajstić information content (AvgIpc) is 2.93. The summed E-state index contributed by atoms with van der Waals surface area (Å²) in [6.45, 7) is 0.362. The molecule has 1 aromatic rings. The number of rotatable bonds is 4. The van der Waals surface area contributed by atoms with E-state index in [1.807, 2.05) is 0 Å². The highest BCUT2D eigenvalue weighted by atomic mass is 16.6. The number of amides is 2. The van der Waals surface area contributed by atoms with Gasteiger partial charge >= 0.3 is 11.9 Å². The fourth-order valence-corrected chi connectivity index (χ4v) is 1.44. The zero-order valence-electron chi connectivity index (χ0n) is 9.22. The van der Waals surface area contributed by atoms with Crippen LogP contribution in [0, 0.1) is 10.1 Å². The van der Waals surface area contributed by atoms with Crippen LogP contribution >= 0.6 is 0 Å². The molecule has 0 spiro atoms. The number of carbonyl (C=O) groups is 1. The Morgan fingerprint density at radius 2 is 2.33 bits per heavy atom. The molecule has 1 aromatic heterocycles. The van der Waals surface area contributed by atoms with E-state index >= 15 is 0 Å². The second-order valence-corrected chi connectivity index (χ2v) is 3.49. The highest BCUT2D eigenvalue weighted by Crippen LogP contribution is 2.14. The Hall–Kier alpha value is -2.42. The number of nitrogens with zero attached hydrogens (tertiary/aromatic N) is 4. The molecular formula is C9H10N4O5. The van der Waals surface area contributed by atoms with E-state index < -0.39 is 11.0 Å². The molecule has 0 radical (unpaired) electrons. The van der Waals surface area contributed by atoms with Gasteiger partial charge in [-0.05, 0) is 6.07 Å². The van der Waals surface area contributed by atoms with E-state index in [0.29, 0.717) is 13.1 Å². The van der Waals surface area contributed by atoms with Crippen molar-refractivity contribution in [2.24, 2.45) is 5.10 Å². The van der Waals surface area contributed by atoms with Gasteiger partial charge in [-0.3, -0.25) is 15.0 Å². The Kier molecular flexibility index (Phi) is 3.24. The Morgan fingerprint density at radius 1 is 1.56 bits per heavy atom. The van der Waals surface area contributed by atoms with Crippen molar-refractivity contribution in [2.75, 3.05) is 19.8 Å². The maximum absolute atomic E-state index is 11.5. The van der Waals surface area contributed by atoms with Crippen LogP contribution in [-0.2, 0) is 0 Å². The number of nitro groups is 1. The summed E-state index contributed by atoms with van der Waals surface area (Å²) in [6.07, 6.45) is 1.21. The number of hydrogen-bond acceptors (Lipinski definition) is 6. The van der Waals surface area contributed by atoms with E-state index in [9.17, 15) is 14.9 Å². The zero-order chi connectivity index (χ0) is 13.1. The van der Waals surface area contributed by atoms with Crippen LogP contribution in [0.3, 0.4) is 0 Å². The minimum atomic E-state index is -0.661. The van der Waals surface area contributed by atoms with Gasteiger partial charge < -0.3 is 9.52 Å². The molecule has 2 heterocycles. The molecule has 0 unspecified atom stereocenters. The topological polar surface area (TPSA) is 112 Å². The first-order valence-electron chi connectivity index (χ1n) is 5.07. The minimum Gasteiger partial charge on any atom is -0.400 e. The first kappa shape index (κ1) is 12.0. The summed E-state index contributed by atoms with van der Waals surface area (Å²) >= 11 is 0. The van der Waals surface area contributed by atoms with Crippen molar-refractivity contribution >= 4 is 18.1 Å². The van der Waals surface area contributed by atoms with Gasteiger partial charge in [0.1, 0.15) is 11.7 Å². The number of hydrazone groups is 1. The Labute approximate surface area is 101 Å². The molecule has 1 fully saturated rings. The predicted molar refractivity (Wildman–Crippen MR) is 58.9 cm³/mol. The lowest BCUT2D eigenvalue weighted by atomic mass is 10.5. The lowest BCUT2D eigenvalue weighted by molar-refractivity contribution is -0.402. The molecule has 2 amide bonds. The second-order valence-electron chi connectivity index (χ2n) is 3.49. The summed E-state index contributed by atoms with van der Waals surface area (Å²) in [6, 6.07) is 2.16. The van der Waals surface area contributed by atoms with E-state index in [4.69, 9.17) is 9.52 Å². The highest BCUT2D eigenvalue weighted by Gasteiger charge is 2.27. The molecule has 1 aliphatic rings.